The van der Waals surface area contributed by atoms with Crippen LogP contribution < -0.4 is 10.2 Å². The van der Waals surface area contributed by atoms with E-state index >= 15 is 0 Å². The van der Waals surface area contributed by atoms with Gasteiger partial charge in [-0.2, -0.15) is 0 Å². The highest BCUT2D eigenvalue weighted by Gasteiger charge is 2.32. The Hall–Kier alpha value is -2.68. The zero-order chi connectivity index (χ0) is 18.3. The second-order valence-electron chi connectivity index (χ2n) is 7.22. The average molecular weight is 372 g/mol. The van der Waals surface area contributed by atoms with Gasteiger partial charge < -0.3 is 15.0 Å². The number of nitrogens with one attached hydrogen (secondary N) is 1. The number of aromatic nitrogens is 4. The first-order chi connectivity index (χ1) is 12.4. The van der Waals surface area contributed by atoms with Crippen LogP contribution in [0.25, 0.3) is 16.2 Å². The maximum atomic E-state index is 11.9. The number of alkyl carbamates (subject to hydrolysis) is 1. The molecule has 1 N–H and O–H groups in total. The standard InChI is InChI=1S/C17H20N6O2S/c1-17(2,3)25-16(24)20-11-8-22(9-11)14-15-21-19-10-23(15)12(7-18-14)13-5-4-6-26-13/h4-7,10-11H,8-9H2,1-3H3,(H,20,24). The van der Waals surface area contributed by atoms with Crippen LogP contribution in [0.2, 0.25) is 0 Å². The number of ether oxygens (including phenoxy) is 1. The van der Waals surface area contributed by atoms with Crippen LogP contribution in [0.3, 0.4) is 0 Å². The van der Waals surface area contributed by atoms with Crippen LogP contribution >= 0.6 is 11.3 Å². The molecule has 4 heterocycles. The number of amides is 1. The maximum absolute atomic E-state index is 11.9. The van der Waals surface area contributed by atoms with Gasteiger partial charge in [-0.15, -0.1) is 21.5 Å². The highest BCUT2D eigenvalue weighted by atomic mass is 32.1. The van der Waals surface area contributed by atoms with E-state index in [0.29, 0.717) is 18.7 Å². The summed E-state index contributed by atoms with van der Waals surface area (Å²) in [6, 6.07) is 4.09. The van der Waals surface area contributed by atoms with E-state index in [1.165, 1.54) is 0 Å². The Balaban J connectivity index is 1.47. The summed E-state index contributed by atoms with van der Waals surface area (Å²) in [6.07, 6.45) is 3.15. The van der Waals surface area contributed by atoms with Gasteiger partial charge in [0.25, 0.3) is 0 Å². The van der Waals surface area contributed by atoms with E-state index in [1.54, 1.807) is 17.7 Å². The lowest BCUT2D eigenvalue weighted by atomic mass is 10.1. The van der Waals surface area contributed by atoms with Gasteiger partial charge in [-0.1, -0.05) is 6.07 Å². The lowest BCUT2D eigenvalue weighted by Crippen LogP contribution is -2.60. The maximum Gasteiger partial charge on any atom is 0.407 e. The van der Waals surface area contributed by atoms with Crippen LogP contribution in [0.5, 0.6) is 0 Å². The first-order valence-corrected chi connectivity index (χ1v) is 9.26. The van der Waals surface area contributed by atoms with Gasteiger partial charge in [-0.3, -0.25) is 4.40 Å². The number of carbonyl (C=O) groups is 1. The minimum atomic E-state index is -0.500. The fraction of sp³-hybridized carbons (Fsp3) is 0.412. The fourth-order valence-corrected chi connectivity index (χ4v) is 3.59. The van der Waals surface area contributed by atoms with Crippen LogP contribution in [0.1, 0.15) is 20.8 Å². The van der Waals surface area contributed by atoms with E-state index in [0.717, 1.165) is 16.4 Å². The Labute approximate surface area is 154 Å². The molecule has 0 aliphatic carbocycles. The molecule has 1 aliphatic heterocycles. The number of fused-ring (bicyclic) bond motifs is 1. The highest BCUT2D eigenvalue weighted by molar-refractivity contribution is 7.13. The lowest BCUT2D eigenvalue weighted by molar-refractivity contribution is 0.0496. The molecule has 1 fully saturated rings. The Bertz CT molecular complexity index is 925. The summed E-state index contributed by atoms with van der Waals surface area (Å²) in [5, 5.41) is 13.2. The molecule has 3 aromatic heterocycles. The number of hydrogen-bond acceptors (Lipinski definition) is 7. The summed E-state index contributed by atoms with van der Waals surface area (Å²) in [6.45, 7) is 6.86. The molecule has 0 saturated carbocycles. The van der Waals surface area contributed by atoms with Crippen molar-refractivity contribution in [3.63, 3.8) is 0 Å². The van der Waals surface area contributed by atoms with E-state index in [-0.39, 0.29) is 6.04 Å². The normalized spacial score (nSPS) is 15.1. The number of thiophene rings is 1. The molecule has 0 spiro atoms. The Kier molecular flexibility index (Phi) is 4.03. The molecule has 0 atom stereocenters. The SMILES string of the molecule is CC(C)(C)OC(=O)NC1CN(c2ncc(-c3cccs3)n3cnnc23)C1. The number of nitrogens with zero attached hydrogens (tertiary/aromatic N) is 5. The molecular weight excluding hydrogens is 352 g/mol. The number of rotatable bonds is 3. The zero-order valence-corrected chi connectivity index (χ0v) is 15.7. The first kappa shape index (κ1) is 16.8. The van der Waals surface area contributed by atoms with Gasteiger partial charge >= 0.3 is 6.09 Å². The molecule has 0 radical (unpaired) electrons. The molecule has 1 aliphatic rings. The van der Waals surface area contributed by atoms with Gasteiger partial charge in [-0.05, 0) is 32.2 Å². The third kappa shape index (κ3) is 3.22. The molecule has 1 saturated heterocycles. The van der Waals surface area contributed by atoms with Gasteiger partial charge in [0.1, 0.15) is 11.9 Å². The van der Waals surface area contributed by atoms with Crippen molar-refractivity contribution >= 4 is 28.9 Å². The van der Waals surface area contributed by atoms with Crippen LogP contribution in [-0.2, 0) is 4.74 Å². The van der Waals surface area contributed by atoms with Crippen LogP contribution in [-0.4, -0.2) is 50.4 Å². The second-order valence-corrected chi connectivity index (χ2v) is 8.16. The summed E-state index contributed by atoms with van der Waals surface area (Å²) in [4.78, 5) is 19.6. The van der Waals surface area contributed by atoms with E-state index in [9.17, 15) is 4.79 Å². The number of hydrogen-bond donors (Lipinski definition) is 1. The van der Waals surface area contributed by atoms with Crippen molar-refractivity contribution in [2.75, 3.05) is 18.0 Å². The monoisotopic (exact) mass is 372 g/mol. The average Bonchev–Trinajstić information content (AvgIpc) is 3.19. The molecule has 0 aromatic carbocycles. The molecule has 26 heavy (non-hydrogen) atoms. The van der Waals surface area contributed by atoms with Gasteiger partial charge in [0.15, 0.2) is 5.82 Å². The molecule has 0 unspecified atom stereocenters. The van der Waals surface area contributed by atoms with Crippen molar-refractivity contribution in [3.05, 3.63) is 30.0 Å². The van der Waals surface area contributed by atoms with E-state index in [4.69, 9.17) is 4.74 Å². The zero-order valence-electron chi connectivity index (χ0n) is 14.8. The molecule has 136 valence electrons. The van der Waals surface area contributed by atoms with Crippen molar-refractivity contribution in [3.8, 4) is 10.6 Å². The van der Waals surface area contributed by atoms with Crippen molar-refractivity contribution in [1.29, 1.82) is 0 Å². The molecule has 8 nitrogen and oxygen atoms in total. The van der Waals surface area contributed by atoms with E-state index < -0.39 is 11.7 Å². The smallest absolute Gasteiger partial charge is 0.407 e. The summed E-state index contributed by atoms with van der Waals surface area (Å²) >= 11 is 1.65. The van der Waals surface area contributed by atoms with Crippen LogP contribution in [0.15, 0.2) is 30.0 Å². The summed E-state index contributed by atoms with van der Waals surface area (Å²) in [7, 11) is 0. The van der Waals surface area contributed by atoms with Crippen LogP contribution in [0, 0.1) is 0 Å². The van der Waals surface area contributed by atoms with Gasteiger partial charge in [0.2, 0.25) is 5.65 Å². The fourth-order valence-electron chi connectivity index (χ4n) is 2.85. The van der Waals surface area contributed by atoms with E-state index in [2.05, 4.69) is 25.4 Å². The second kappa shape index (κ2) is 6.24. The molecule has 9 heteroatoms. The van der Waals surface area contributed by atoms with E-state index in [1.807, 2.05) is 48.9 Å². The largest absolute Gasteiger partial charge is 0.444 e. The van der Waals surface area contributed by atoms with Crippen molar-refractivity contribution in [2.24, 2.45) is 0 Å². The van der Waals surface area contributed by atoms with Gasteiger partial charge in [0, 0.05) is 13.1 Å². The molecule has 3 aromatic rings. The quantitative estimate of drug-likeness (QED) is 0.761. The number of carbonyl (C=O) groups excluding carboxylic acids is 1. The summed E-state index contributed by atoms with van der Waals surface area (Å²) in [5.41, 5.74) is 1.18. The highest BCUT2D eigenvalue weighted by Crippen LogP contribution is 2.29. The Morgan fingerprint density at radius 2 is 2.19 bits per heavy atom. The number of anilines is 1. The third-order valence-corrected chi connectivity index (χ3v) is 4.88. The predicted octanol–water partition coefficient (Wildman–Crippen LogP) is 2.57. The molecular formula is C17H20N6O2S. The van der Waals surface area contributed by atoms with Crippen molar-refractivity contribution in [1.82, 2.24) is 24.9 Å². The molecule has 4 rings (SSSR count). The predicted molar refractivity (Wildman–Crippen MR) is 99.5 cm³/mol. The Morgan fingerprint density at radius 1 is 1.38 bits per heavy atom. The summed E-state index contributed by atoms with van der Waals surface area (Å²) < 4.78 is 7.24. The topological polar surface area (TPSA) is 84.7 Å². The van der Waals surface area contributed by atoms with Crippen molar-refractivity contribution in [2.45, 2.75) is 32.4 Å². The van der Waals surface area contributed by atoms with Gasteiger partial charge in [0.05, 0.1) is 22.8 Å². The molecule has 0 bridgehead atoms. The van der Waals surface area contributed by atoms with Gasteiger partial charge in [-0.25, -0.2) is 9.78 Å². The summed E-state index contributed by atoms with van der Waals surface area (Å²) in [5.74, 6) is 0.769. The third-order valence-electron chi connectivity index (χ3n) is 3.99. The Morgan fingerprint density at radius 3 is 2.88 bits per heavy atom. The molecule has 1 amide bonds. The lowest BCUT2D eigenvalue weighted by Gasteiger charge is -2.40. The van der Waals surface area contributed by atoms with Crippen molar-refractivity contribution < 1.29 is 9.53 Å². The first-order valence-electron chi connectivity index (χ1n) is 8.38. The minimum absolute atomic E-state index is 0.0339. The minimum Gasteiger partial charge on any atom is -0.444 e. The van der Waals surface area contributed by atoms with Crippen LogP contribution in [0.4, 0.5) is 10.6 Å².